The summed E-state index contributed by atoms with van der Waals surface area (Å²) in [5.41, 5.74) is 0.0477. The van der Waals surface area contributed by atoms with E-state index in [2.05, 4.69) is 4.90 Å². The van der Waals surface area contributed by atoms with E-state index in [1.54, 1.807) is 18.2 Å². The Morgan fingerprint density at radius 2 is 2.10 bits per heavy atom. The fraction of sp³-hybridized carbons (Fsp3) is 0.562. The second-order valence-electron chi connectivity index (χ2n) is 6.12. The maximum absolute atomic E-state index is 12.4. The van der Waals surface area contributed by atoms with Gasteiger partial charge in [-0.15, -0.1) is 0 Å². The molecule has 2 aliphatic rings. The zero-order chi connectivity index (χ0) is 14.9. The molecule has 0 bridgehead atoms. The standard InChI is InChI=1S/C16H21NO4/c1-16(19)5-2-7-17(8-6-16)10-13(18)12-3-4-14-15(9-12)21-11-20-14/h3-4,9,19H,2,5-8,10-11H2,1H3. The van der Waals surface area contributed by atoms with Gasteiger partial charge in [-0.2, -0.15) is 0 Å². The first-order valence-electron chi connectivity index (χ1n) is 7.41. The van der Waals surface area contributed by atoms with Gasteiger partial charge in [-0.3, -0.25) is 9.69 Å². The number of carbonyl (C=O) groups is 1. The van der Waals surface area contributed by atoms with Gasteiger partial charge in [0.2, 0.25) is 6.79 Å². The van der Waals surface area contributed by atoms with E-state index in [-0.39, 0.29) is 12.6 Å². The molecule has 1 N–H and O–H groups in total. The number of carbonyl (C=O) groups excluding carboxylic acids is 1. The van der Waals surface area contributed by atoms with Gasteiger partial charge < -0.3 is 14.6 Å². The molecule has 21 heavy (non-hydrogen) atoms. The molecular weight excluding hydrogens is 270 g/mol. The van der Waals surface area contributed by atoms with Crippen LogP contribution in [0.25, 0.3) is 0 Å². The number of benzene rings is 1. The minimum absolute atomic E-state index is 0.0786. The monoisotopic (exact) mass is 291 g/mol. The van der Waals surface area contributed by atoms with Crippen molar-refractivity contribution in [2.75, 3.05) is 26.4 Å². The van der Waals surface area contributed by atoms with Crippen LogP contribution < -0.4 is 9.47 Å². The minimum Gasteiger partial charge on any atom is -0.454 e. The number of hydrogen-bond acceptors (Lipinski definition) is 5. The molecule has 2 aliphatic heterocycles. The number of nitrogens with zero attached hydrogens (tertiary/aromatic N) is 1. The van der Waals surface area contributed by atoms with E-state index in [0.717, 1.165) is 25.9 Å². The largest absolute Gasteiger partial charge is 0.454 e. The molecule has 1 fully saturated rings. The maximum atomic E-state index is 12.4. The fourth-order valence-electron chi connectivity index (χ4n) is 2.84. The van der Waals surface area contributed by atoms with Crippen LogP contribution in [0.3, 0.4) is 0 Å². The zero-order valence-corrected chi connectivity index (χ0v) is 12.3. The van der Waals surface area contributed by atoms with E-state index in [1.807, 2.05) is 6.92 Å². The fourth-order valence-corrected chi connectivity index (χ4v) is 2.84. The quantitative estimate of drug-likeness (QED) is 0.861. The molecule has 0 spiro atoms. The molecule has 0 amide bonds. The average molecular weight is 291 g/mol. The Labute approximate surface area is 124 Å². The van der Waals surface area contributed by atoms with E-state index < -0.39 is 5.60 Å². The lowest BCUT2D eigenvalue weighted by atomic mass is 9.98. The van der Waals surface area contributed by atoms with E-state index >= 15 is 0 Å². The normalized spacial score (nSPS) is 25.6. The third-order valence-electron chi connectivity index (χ3n) is 4.22. The molecule has 114 valence electrons. The van der Waals surface area contributed by atoms with Crippen LogP contribution in [0.5, 0.6) is 11.5 Å². The molecule has 1 aromatic rings. The summed E-state index contributed by atoms with van der Waals surface area (Å²) in [5, 5.41) is 10.1. The van der Waals surface area contributed by atoms with Crippen LogP contribution in [0, 0.1) is 0 Å². The lowest BCUT2D eigenvalue weighted by Gasteiger charge is -2.21. The van der Waals surface area contributed by atoms with E-state index in [0.29, 0.717) is 30.0 Å². The molecule has 0 radical (unpaired) electrons. The number of likely N-dealkylation sites (tertiary alicyclic amines) is 1. The highest BCUT2D eigenvalue weighted by Crippen LogP contribution is 2.32. The van der Waals surface area contributed by atoms with Crippen molar-refractivity contribution in [3.8, 4) is 11.5 Å². The van der Waals surface area contributed by atoms with Crippen LogP contribution in [-0.4, -0.2) is 47.8 Å². The van der Waals surface area contributed by atoms with Crippen LogP contribution in [0.1, 0.15) is 36.5 Å². The van der Waals surface area contributed by atoms with Crippen molar-refractivity contribution >= 4 is 5.78 Å². The first kappa shape index (κ1) is 14.4. The van der Waals surface area contributed by atoms with Crippen LogP contribution >= 0.6 is 0 Å². The van der Waals surface area contributed by atoms with Gasteiger partial charge in [-0.1, -0.05) is 0 Å². The molecule has 1 saturated heterocycles. The highest BCUT2D eigenvalue weighted by molar-refractivity contribution is 5.98. The molecular formula is C16H21NO4. The summed E-state index contributed by atoms with van der Waals surface area (Å²) in [6, 6.07) is 5.31. The van der Waals surface area contributed by atoms with Crippen LogP contribution in [0.2, 0.25) is 0 Å². The molecule has 1 unspecified atom stereocenters. The predicted molar refractivity (Wildman–Crippen MR) is 77.8 cm³/mol. The first-order chi connectivity index (χ1) is 10.0. The van der Waals surface area contributed by atoms with Gasteiger partial charge >= 0.3 is 0 Å². The van der Waals surface area contributed by atoms with Gasteiger partial charge in [-0.05, 0) is 50.9 Å². The van der Waals surface area contributed by atoms with Crippen LogP contribution in [0.15, 0.2) is 18.2 Å². The second-order valence-corrected chi connectivity index (χ2v) is 6.12. The number of aliphatic hydroxyl groups is 1. The summed E-state index contributed by atoms with van der Waals surface area (Å²) in [7, 11) is 0. The predicted octanol–water partition coefficient (Wildman–Crippen LogP) is 1.83. The number of ether oxygens (including phenoxy) is 2. The third-order valence-corrected chi connectivity index (χ3v) is 4.22. The van der Waals surface area contributed by atoms with Gasteiger partial charge in [0.1, 0.15) is 0 Å². The lowest BCUT2D eigenvalue weighted by molar-refractivity contribution is 0.0444. The molecule has 3 rings (SSSR count). The number of ketones is 1. The lowest BCUT2D eigenvalue weighted by Crippen LogP contribution is -2.32. The summed E-state index contributed by atoms with van der Waals surface area (Å²) >= 11 is 0. The minimum atomic E-state index is -0.601. The Morgan fingerprint density at radius 3 is 2.95 bits per heavy atom. The van der Waals surface area contributed by atoms with Crippen LogP contribution in [-0.2, 0) is 0 Å². The number of rotatable bonds is 3. The van der Waals surface area contributed by atoms with E-state index in [9.17, 15) is 9.90 Å². The molecule has 0 saturated carbocycles. The number of fused-ring (bicyclic) bond motifs is 1. The SMILES string of the molecule is CC1(O)CCCN(CC(=O)c2ccc3c(c2)OCO3)CC1. The van der Waals surface area contributed by atoms with Gasteiger partial charge in [0, 0.05) is 12.1 Å². The van der Waals surface area contributed by atoms with Crippen LogP contribution in [0.4, 0.5) is 0 Å². The van der Waals surface area contributed by atoms with Gasteiger partial charge in [-0.25, -0.2) is 0 Å². The van der Waals surface area contributed by atoms with Gasteiger partial charge in [0.05, 0.1) is 12.1 Å². The molecule has 5 heteroatoms. The summed E-state index contributed by atoms with van der Waals surface area (Å²) in [6.45, 7) is 4.08. The molecule has 0 aliphatic carbocycles. The van der Waals surface area contributed by atoms with Crippen molar-refractivity contribution in [2.24, 2.45) is 0 Å². The van der Waals surface area contributed by atoms with Crippen molar-refractivity contribution in [1.82, 2.24) is 4.90 Å². The smallest absolute Gasteiger partial charge is 0.231 e. The summed E-state index contributed by atoms with van der Waals surface area (Å²) in [4.78, 5) is 14.5. The molecule has 0 aromatic heterocycles. The topological polar surface area (TPSA) is 59.0 Å². The highest BCUT2D eigenvalue weighted by atomic mass is 16.7. The molecule has 5 nitrogen and oxygen atoms in total. The zero-order valence-electron chi connectivity index (χ0n) is 12.3. The summed E-state index contributed by atoms with van der Waals surface area (Å²) < 4.78 is 10.6. The maximum Gasteiger partial charge on any atom is 0.231 e. The molecule has 2 heterocycles. The average Bonchev–Trinajstić information content (AvgIpc) is 2.84. The number of hydrogen-bond donors (Lipinski definition) is 1. The third kappa shape index (κ3) is 3.36. The van der Waals surface area contributed by atoms with Gasteiger partial charge in [0.25, 0.3) is 0 Å². The Balaban J connectivity index is 1.63. The van der Waals surface area contributed by atoms with Crippen molar-refractivity contribution in [3.05, 3.63) is 23.8 Å². The van der Waals surface area contributed by atoms with Crippen molar-refractivity contribution < 1.29 is 19.4 Å². The molecule has 1 atom stereocenters. The summed E-state index contributed by atoms with van der Waals surface area (Å²) in [6.07, 6.45) is 2.42. The Bertz CT molecular complexity index is 541. The van der Waals surface area contributed by atoms with E-state index in [4.69, 9.17) is 9.47 Å². The van der Waals surface area contributed by atoms with E-state index in [1.165, 1.54) is 0 Å². The molecule has 1 aromatic carbocycles. The second kappa shape index (κ2) is 5.66. The van der Waals surface area contributed by atoms with Crippen molar-refractivity contribution in [3.63, 3.8) is 0 Å². The van der Waals surface area contributed by atoms with Crippen molar-refractivity contribution in [2.45, 2.75) is 31.8 Å². The van der Waals surface area contributed by atoms with Gasteiger partial charge in [0.15, 0.2) is 17.3 Å². The van der Waals surface area contributed by atoms with Crippen molar-refractivity contribution in [1.29, 1.82) is 0 Å². The number of Topliss-reactive ketones (excluding diaryl/α,β-unsaturated/α-hetero) is 1. The Hall–Kier alpha value is -1.59. The summed E-state index contributed by atoms with van der Waals surface area (Å²) in [5.74, 6) is 1.41. The first-order valence-corrected chi connectivity index (χ1v) is 7.41. The Kier molecular flexibility index (Phi) is 3.87. The highest BCUT2D eigenvalue weighted by Gasteiger charge is 2.26. The Morgan fingerprint density at radius 1 is 1.29 bits per heavy atom.